The Bertz CT molecular complexity index is 2030. The minimum Gasteiger partial charge on any atom is -0.463 e. The van der Waals surface area contributed by atoms with E-state index < -0.39 is 121 Å². The van der Waals surface area contributed by atoms with Crippen LogP contribution >= 0.6 is 0 Å². The van der Waals surface area contributed by atoms with Crippen molar-refractivity contribution in [1.29, 1.82) is 0 Å². The maximum atomic E-state index is 12.7. The number of nitro benzene ring substituents is 1. The molecular weight excluding hydrogens is 896 g/mol. The van der Waals surface area contributed by atoms with Crippen molar-refractivity contribution in [1.82, 2.24) is 10.3 Å². The first kappa shape index (κ1) is 53.6. The maximum absolute atomic E-state index is 12.7. The second-order valence-corrected chi connectivity index (χ2v) is 15.6. The average molecular weight is 955 g/mol. The molecule has 4 rings (SSSR count). The molecule has 0 bridgehead atoms. The van der Waals surface area contributed by atoms with Gasteiger partial charge in [-0.2, -0.15) is 0 Å². The van der Waals surface area contributed by atoms with Crippen LogP contribution in [0.4, 0.5) is 11.4 Å². The summed E-state index contributed by atoms with van der Waals surface area (Å²) in [6.07, 6.45) is -8.62. The number of carbonyl (C=O) groups excluding carboxylic acids is 7. The number of fused-ring (bicyclic) bond motifs is 1. The number of nitrogens with zero attached hydrogens (tertiary/aromatic N) is 3. The lowest BCUT2D eigenvalue weighted by Crippen LogP contribution is -2.67. The number of hydrogen-bond donors (Lipinski definition) is 1. The molecule has 2 aromatic rings. The standard InChI is InChI=1S/C42H58N4O21/c1-22(47)57-20-31-35(59-24(3)49)37(60-25(4)50)40(63-28(7)53)42(65-31)66-36-32(21-58-23(2)48)64-41(39(62-27(6)52)38(36)61-26(5)51)56-19-15-13-11-9-8-10-12-14-18-43-29-16-17-30(46(54)55)34-33(29)44-67-45-34/h16-17,31-32,35-43H,8-15,18-21H2,1-7H3/t31-,32-,35+,36-,37+,38+,39-,40-,41-,42+/m1/s1. The highest BCUT2D eigenvalue weighted by Gasteiger charge is 2.57. The van der Waals surface area contributed by atoms with Gasteiger partial charge < -0.3 is 57.4 Å². The summed E-state index contributed by atoms with van der Waals surface area (Å²) in [6.45, 7) is 7.16. The average Bonchev–Trinajstić information content (AvgIpc) is 3.73. The molecule has 0 aliphatic carbocycles. The molecule has 2 aliphatic heterocycles. The SMILES string of the molecule is CC(=O)OC[C@H]1O[C@@H](O[C@H]2[C@H](OC(C)=O)[C@@H](OC(C)=O)[C@H](OCCCCCCCCCCNc3ccc([N+](=O)[O-])c4nonc34)O[C@@H]2COC(C)=O)[C@H](OC(C)=O)[C@@H](OC(C)=O)[C@H]1OC(C)=O. The highest BCUT2D eigenvalue weighted by molar-refractivity contribution is 5.93. The van der Waals surface area contributed by atoms with E-state index >= 15 is 0 Å². The summed E-state index contributed by atoms with van der Waals surface area (Å²) in [4.78, 5) is 97.1. The Morgan fingerprint density at radius 1 is 0.567 bits per heavy atom. The monoisotopic (exact) mass is 954 g/mol. The minimum absolute atomic E-state index is 0.0803. The van der Waals surface area contributed by atoms with Gasteiger partial charge in [-0.15, -0.1) is 0 Å². The van der Waals surface area contributed by atoms with Gasteiger partial charge >= 0.3 is 47.5 Å². The number of esters is 7. The summed E-state index contributed by atoms with van der Waals surface area (Å²) in [6, 6.07) is 2.93. The zero-order chi connectivity index (χ0) is 49.2. The van der Waals surface area contributed by atoms with E-state index in [4.69, 9.17) is 56.7 Å². The number of unbranched alkanes of at least 4 members (excludes halogenated alkanes) is 7. The van der Waals surface area contributed by atoms with Gasteiger partial charge in [0, 0.05) is 67.7 Å². The number of nitro groups is 1. The molecule has 2 fully saturated rings. The topological polar surface area (TPSA) is 315 Å². The number of rotatable bonds is 25. The van der Waals surface area contributed by atoms with E-state index in [9.17, 15) is 43.7 Å². The van der Waals surface area contributed by atoms with Crippen LogP contribution in [0.3, 0.4) is 0 Å². The van der Waals surface area contributed by atoms with E-state index in [0.29, 0.717) is 24.2 Å². The van der Waals surface area contributed by atoms with Crippen LogP contribution in [0.5, 0.6) is 0 Å². The smallest absolute Gasteiger partial charge is 0.303 e. The summed E-state index contributed by atoms with van der Waals surface area (Å²) >= 11 is 0. The zero-order valence-corrected chi connectivity index (χ0v) is 38.3. The second-order valence-electron chi connectivity index (χ2n) is 15.6. The highest BCUT2D eigenvalue weighted by Crippen LogP contribution is 2.36. The second kappa shape index (κ2) is 26.3. The third-order valence-corrected chi connectivity index (χ3v) is 10.1. The Labute approximate surface area is 384 Å². The van der Waals surface area contributed by atoms with E-state index in [2.05, 4.69) is 15.6 Å². The first-order valence-electron chi connectivity index (χ1n) is 21.7. The number of aromatic nitrogens is 2. The number of nitrogens with one attached hydrogen (secondary N) is 1. The van der Waals surface area contributed by atoms with Crippen molar-refractivity contribution in [2.45, 2.75) is 161 Å². The van der Waals surface area contributed by atoms with Gasteiger partial charge in [0.1, 0.15) is 31.5 Å². The molecule has 0 spiro atoms. The van der Waals surface area contributed by atoms with Crippen LogP contribution in [0.2, 0.25) is 0 Å². The summed E-state index contributed by atoms with van der Waals surface area (Å²) in [5, 5.41) is 21.9. The van der Waals surface area contributed by atoms with E-state index in [1.165, 1.54) is 6.07 Å². The van der Waals surface area contributed by atoms with Crippen LogP contribution in [-0.2, 0) is 85.7 Å². The lowest BCUT2D eigenvalue weighted by molar-refractivity contribution is -0.383. The molecule has 0 radical (unpaired) electrons. The Morgan fingerprint density at radius 3 is 1.55 bits per heavy atom. The first-order valence-corrected chi connectivity index (χ1v) is 21.7. The molecule has 372 valence electrons. The summed E-state index contributed by atoms with van der Waals surface area (Å²) in [7, 11) is 0. The fourth-order valence-corrected chi connectivity index (χ4v) is 7.46. The third-order valence-electron chi connectivity index (χ3n) is 10.1. The predicted molar refractivity (Wildman–Crippen MR) is 223 cm³/mol. The lowest BCUT2D eigenvalue weighted by Gasteiger charge is -2.48. The number of ether oxygens (including phenoxy) is 11. The molecule has 67 heavy (non-hydrogen) atoms. The largest absolute Gasteiger partial charge is 0.463 e. The van der Waals surface area contributed by atoms with Gasteiger partial charge in [-0.1, -0.05) is 38.5 Å². The van der Waals surface area contributed by atoms with Crippen molar-refractivity contribution >= 4 is 64.2 Å². The van der Waals surface area contributed by atoms with Crippen LogP contribution in [0.15, 0.2) is 16.8 Å². The Balaban J connectivity index is 1.42. The Morgan fingerprint density at radius 2 is 1.01 bits per heavy atom. The molecule has 0 amide bonds. The fourth-order valence-electron chi connectivity index (χ4n) is 7.46. The lowest BCUT2D eigenvalue weighted by atomic mass is 9.96. The highest BCUT2D eigenvalue weighted by atomic mass is 16.8. The van der Waals surface area contributed by atoms with E-state index in [1.54, 1.807) is 6.07 Å². The van der Waals surface area contributed by atoms with E-state index in [1.807, 2.05) is 0 Å². The summed E-state index contributed by atoms with van der Waals surface area (Å²) < 4.78 is 67.8. The molecular formula is C42H58N4O21. The van der Waals surface area contributed by atoms with Gasteiger partial charge in [0.15, 0.2) is 48.6 Å². The third kappa shape index (κ3) is 16.7. The molecule has 2 aliphatic rings. The Hall–Kier alpha value is -6.05. The number of anilines is 1. The first-order chi connectivity index (χ1) is 31.9. The van der Waals surface area contributed by atoms with Crippen molar-refractivity contribution in [2.24, 2.45) is 0 Å². The molecule has 0 saturated carbocycles. The molecule has 25 nitrogen and oxygen atoms in total. The van der Waals surface area contributed by atoms with Crippen LogP contribution in [0, 0.1) is 10.1 Å². The van der Waals surface area contributed by atoms with Crippen molar-refractivity contribution < 1.29 is 95.2 Å². The van der Waals surface area contributed by atoms with Gasteiger partial charge in [-0.25, -0.2) is 4.63 Å². The molecule has 1 N–H and O–H groups in total. The van der Waals surface area contributed by atoms with Gasteiger partial charge in [-0.3, -0.25) is 43.7 Å². The van der Waals surface area contributed by atoms with E-state index in [0.717, 1.165) is 93.4 Å². The van der Waals surface area contributed by atoms with Crippen LogP contribution in [0.25, 0.3) is 11.0 Å². The molecule has 10 atom stereocenters. The molecule has 0 unspecified atom stereocenters. The molecule has 3 heterocycles. The van der Waals surface area contributed by atoms with Crippen LogP contribution in [0.1, 0.15) is 99.8 Å². The van der Waals surface area contributed by atoms with Crippen molar-refractivity contribution in [3.05, 3.63) is 22.2 Å². The fraction of sp³-hybridized carbons (Fsp3) is 0.690. The summed E-state index contributed by atoms with van der Waals surface area (Å²) in [5.74, 6) is -5.85. The van der Waals surface area contributed by atoms with Gasteiger partial charge in [-0.05, 0) is 29.2 Å². The Kier molecular flexibility index (Phi) is 21.1. The predicted octanol–water partition coefficient (Wildman–Crippen LogP) is 3.30. The molecule has 1 aromatic heterocycles. The van der Waals surface area contributed by atoms with E-state index in [-0.39, 0.29) is 17.8 Å². The van der Waals surface area contributed by atoms with Gasteiger partial charge in [0.25, 0.3) is 0 Å². The van der Waals surface area contributed by atoms with Gasteiger partial charge in [0.05, 0.1) is 10.6 Å². The maximum Gasteiger partial charge on any atom is 0.303 e. The van der Waals surface area contributed by atoms with Crippen LogP contribution in [-0.4, -0.2) is 145 Å². The normalized spacial score (nSPS) is 24.7. The van der Waals surface area contributed by atoms with Crippen LogP contribution < -0.4 is 5.32 Å². The van der Waals surface area contributed by atoms with Crippen molar-refractivity contribution in [3.8, 4) is 0 Å². The zero-order valence-electron chi connectivity index (χ0n) is 38.3. The molecule has 1 aromatic carbocycles. The number of non-ortho nitro benzene ring substituents is 1. The quantitative estimate of drug-likeness (QED) is 0.0490. The minimum atomic E-state index is -1.80. The number of benzene rings is 1. The number of hydrogen-bond acceptors (Lipinski definition) is 24. The van der Waals surface area contributed by atoms with Crippen molar-refractivity contribution in [3.63, 3.8) is 0 Å². The number of carbonyl (C=O) groups is 7. The van der Waals surface area contributed by atoms with Gasteiger partial charge in [0.2, 0.25) is 5.52 Å². The molecule has 2 saturated heterocycles. The van der Waals surface area contributed by atoms with Crippen molar-refractivity contribution in [2.75, 3.05) is 31.7 Å². The summed E-state index contributed by atoms with van der Waals surface area (Å²) in [5.41, 5.74) is 0.786. The molecule has 25 heteroatoms.